The van der Waals surface area contributed by atoms with Gasteiger partial charge in [0.1, 0.15) is 5.82 Å². The third kappa shape index (κ3) is 3.68. The fraction of sp³-hybridized carbons (Fsp3) is 0.250. The lowest BCUT2D eigenvalue weighted by Gasteiger charge is -2.26. The maximum absolute atomic E-state index is 5.57. The van der Waals surface area contributed by atoms with E-state index in [1.165, 1.54) is 0 Å². The molecule has 0 bridgehead atoms. The van der Waals surface area contributed by atoms with Crippen LogP contribution in [0.25, 0.3) is 39.1 Å². The van der Waals surface area contributed by atoms with Crippen molar-refractivity contribution in [3.63, 3.8) is 0 Å². The van der Waals surface area contributed by atoms with Gasteiger partial charge in [0.25, 0.3) is 0 Å². The number of hydrogen-bond donors (Lipinski definition) is 0. The zero-order chi connectivity index (χ0) is 22.2. The van der Waals surface area contributed by atoms with Crippen LogP contribution in [0, 0.1) is 0 Å². The van der Waals surface area contributed by atoms with Gasteiger partial charge in [-0.3, -0.25) is 9.38 Å². The quantitative estimate of drug-likeness (QED) is 0.334. The van der Waals surface area contributed by atoms with Crippen molar-refractivity contribution >= 4 is 16.4 Å². The summed E-state index contributed by atoms with van der Waals surface area (Å²) >= 11 is 0. The Morgan fingerprint density at radius 2 is 1.70 bits per heavy atom. The van der Waals surface area contributed by atoms with Gasteiger partial charge >= 0.3 is 0 Å². The molecule has 164 valence electrons. The molecule has 5 nitrogen and oxygen atoms in total. The second kappa shape index (κ2) is 8.41. The number of fused-ring (bicyclic) bond motifs is 2. The number of imidazole rings is 1. The second-order valence-electron chi connectivity index (χ2n) is 8.83. The van der Waals surface area contributed by atoms with Crippen LogP contribution < -0.4 is 0 Å². The molecule has 3 heterocycles. The molecule has 0 amide bonds. The summed E-state index contributed by atoms with van der Waals surface area (Å²) in [4.78, 5) is 14.5. The van der Waals surface area contributed by atoms with Crippen molar-refractivity contribution in [2.75, 3.05) is 7.11 Å². The zero-order valence-electron chi connectivity index (χ0n) is 18.7. The number of aromatic nitrogens is 4. The van der Waals surface area contributed by atoms with Gasteiger partial charge in [0, 0.05) is 41.9 Å². The number of methoxy groups -OCH3 is 1. The number of hydrogen-bond acceptors (Lipinski definition) is 4. The molecular weight excluding hydrogens is 408 g/mol. The highest BCUT2D eigenvalue weighted by Gasteiger charge is 2.26. The summed E-state index contributed by atoms with van der Waals surface area (Å²) in [7, 11) is 1.82. The first kappa shape index (κ1) is 20.1. The molecule has 5 aromatic rings. The predicted molar refractivity (Wildman–Crippen MR) is 131 cm³/mol. The van der Waals surface area contributed by atoms with E-state index in [1.54, 1.807) is 0 Å². The Balaban J connectivity index is 1.43. The SMILES string of the molecule is COC1CCC(c2nc(-c3ccc4ccc(-c5ccccc5)nc4c3)n3ccncc23)CC1. The Labute approximate surface area is 193 Å². The van der Waals surface area contributed by atoms with E-state index < -0.39 is 0 Å². The van der Waals surface area contributed by atoms with Gasteiger partial charge in [-0.1, -0.05) is 48.5 Å². The zero-order valence-corrected chi connectivity index (χ0v) is 18.7. The van der Waals surface area contributed by atoms with E-state index in [9.17, 15) is 0 Å². The molecule has 1 fully saturated rings. The van der Waals surface area contributed by atoms with Crippen molar-refractivity contribution in [1.29, 1.82) is 0 Å². The number of rotatable bonds is 4. The highest BCUT2D eigenvalue weighted by Crippen LogP contribution is 2.37. The van der Waals surface area contributed by atoms with Gasteiger partial charge in [-0.15, -0.1) is 0 Å². The van der Waals surface area contributed by atoms with Gasteiger partial charge in [-0.25, -0.2) is 9.97 Å². The predicted octanol–water partition coefficient (Wildman–Crippen LogP) is 6.28. The number of benzene rings is 2. The lowest BCUT2D eigenvalue weighted by Crippen LogP contribution is -2.19. The van der Waals surface area contributed by atoms with Crippen molar-refractivity contribution < 1.29 is 4.74 Å². The molecule has 0 unspecified atom stereocenters. The van der Waals surface area contributed by atoms with Crippen LogP contribution in [0.4, 0.5) is 0 Å². The summed E-state index contributed by atoms with van der Waals surface area (Å²) in [5, 5.41) is 1.12. The molecule has 1 aliphatic rings. The van der Waals surface area contributed by atoms with Gasteiger partial charge in [0.2, 0.25) is 0 Å². The third-order valence-corrected chi connectivity index (χ3v) is 6.89. The highest BCUT2D eigenvalue weighted by atomic mass is 16.5. The molecule has 0 spiro atoms. The van der Waals surface area contributed by atoms with Crippen LogP contribution in [0.15, 0.2) is 79.3 Å². The number of pyridine rings is 1. The Morgan fingerprint density at radius 1 is 0.879 bits per heavy atom. The molecule has 0 aliphatic heterocycles. The van der Waals surface area contributed by atoms with Crippen LogP contribution in [-0.2, 0) is 4.74 Å². The molecule has 3 aromatic heterocycles. The molecule has 1 saturated carbocycles. The molecule has 0 saturated heterocycles. The molecule has 0 N–H and O–H groups in total. The first-order chi connectivity index (χ1) is 16.3. The minimum Gasteiger partial charge on any atom is -0.381 e. The van der Waals surface area contributed by atoms with Crippen molar-refractivity contribution in [1.82, 2.24) is 19.4 Å². The fourth-order valence-corrected chi connectivity index (χ4v) is 5.06. The average Bonchev–Trinajstić information content (AvgIpc) is 3.28. The van der Waals surface area contributed by atoms with Crippen LogP contribution >= 0.6 is 0 Å². The lowest BCUT2D eigenvalue weighted by molar-refractivity contribution is 0.0656. The van der Waals surface area contributed by atoms with Gasteiger partial charge in [-0.05, 0) is 37.8 Å². The maximum atomic E-state index is 5.57. The van der Waals surface area contributed by atoms with Gasteiger partial charge in [0.05, 0.1) is 34.7 Å². The van der Waals surface area contributed by atoms with Crippen molar-refractivity contribution in [3.05, 3.63) is 84.9 Å². The van der Waals surface area contributed by atoms with Gasteiger partial charge in [0.15, 0.2) is 0 Å². The molecule has 0 atom stereocenters. The van der Waals surface area contributed by atoms with E-state index >= 15 is 0 Å². The molecule has 1 aliphatic carbocycles. The van der Waals surface area contributed by atoms with Crippen molar-refractivity contribution in [2.24, 2.45) is 0 Å². The second-order valence-corrected chi connectivity index (χ2v) is 8.83. The number of ether oxygens (including phenoxy) is 1. The number of nitrogens with zero attached hydrogens (tertiary/aromatic N) is 4. The van der Waals surface area contributed by atoms with E-state index in [0.717, 1.165) is 70.4 Å². The summed E-state index contributed by atoms with van der Waals surface area (Å²) in [5.74, 6) is 1.39. The summed E-state index contributed by atoms with van der Waals surface area (Å²) < 4.78 is 7.75. The normalized spacial score (nSPS) is 18.7. The standard InChI is InChI=1S/C28H26N4O/c1-33-23-12-9-21(10-13-23)27-26-18-29-15-16-32(26)28(31-27)22-8-7-20-11-14-24(30-25(20)17-22)19-5-3-2-4-6-19/h2-8,11,14-18,21,23H,9-10,12-13H2,1H3. The molecule has 6 rings (SSSR count). The minimum atomic E-state index is 0.373. The maximum Gasteiger partial charge on any atom is 0.145 e. The summed E-state index contributed by atoms with van der Waals surface area (Å²) in [6, 6.07) is 21.0. The first-order valence-electron chi connectivity index (χ1n) is 11.6. The largest absolute Gasteiger partial charge is 0.381 e. The summed E-state index contributed by atoms with van der Waals surface area (Å²) in [5.41, 5.74) is 6.39. The Bertz CT molecular complexity index is 1420. The lowest BCUT2D eigenvalue weighted by atomic mass is 9.85. The third-order valence-electron chi connectivity index (χ3n) is 6.89. The van der Waals surface area contributed by atoms with Crippen LogP contribution in [-0.4, -0.2) is 32.6 Å². The van der Waals surface area contributed by atoms with E-state index in [4.69, 9.17) is 14.7 Å². The van der Waals surface area contributed by atoms with Gasteiger partial charge < -0.3 is 4.74 Å². The Morgan fingerprint density at radius 3 is 2.52 bits per heavy atom. The Kier molecular flexibility index (Phi) is 5.11. The average molecular weight is 435 g/mol. The van der Waals surface area contributed by atoms with Crippen LogP contribution in [0.1, 0.15) is 37.3 Å². The van der Waals surface area contributed by atoms with Crippen LogP contribution in [0.3, 0.4) is 0 Å². The fourth-order valence-electron chi connectivity index (χ4n) is 5.06. The molecule has 33 heavy (non-hydrogen) atoms. The molecule has 5 heteroatoms. The van der Waals surface area contributed by atoms with E-state index in [0.29, 0.717) is 12.0 Å². The highest BCUT2D eigenvalue weighted by molar-refractivity contribution is 5.85. The van der Waals surface area contributed by atoms with E-state index in [1.807, 2.05) is 43.9 Å². The minimum absolute atomic E-state index is 0.373. The van der Waals surface area contributed by atoms with Crippen molar-refractivity contribution in [2.45, 2.75) is 37.7 Å². The smallest absolute Gasteiger partial charge is 0.145 e. The molecule has 0 radical (unpaired) electrons. The van der Waals surface area contributed by atoms with E-state index in [2.05, 4.69) is 51.8 Å². The topological polar surface area (TPSA) is 52.3 Å². The monoisotopic (exact) mass is 434 g/mol. The van der Waals surface area contributed by atoms with E-state index in [-0.39, 0.29) is 0 Å². The Hall–Kier alpha value is -3.57. The van der Waals surface area contributed by atoms with Crippen LogP contribution in [0.2, 0.25) is 0 Å². The molecule has 2 aromatic carbocycles. The van der Waals surface area contributed by atoms with Crippen LogP contribution in [0.5, 0.6) is 0 Å². The summed E-state index contributed by atoms with van der Waals surface area (Å²) in [6.45, 7) is 0. The summed E-state index contributed by atoms with van der Waals surface area (Å²) in [6.07, 6.45) is 10.5. The van der Waals surface area contributed by atoms with Gasteiger partial charge in [-0.2, -0.15) is 0 Å². The first-order valence-corrected chi connectivity index (χ1v) is 11.6. The molecular formula is C28H26N4O. The van der Waals surface area contributed by atoms with Crippen molar-refractivity contribution in [3.8, 4) is 22.6 Å².